The Morgan fingerprint density at radius 2 is 1.97 bits per heavy atom. The number of hydrogen-bond donors (Lipinski definition) is 2. The smallest absolute Gasteiger partial charge is 0.153 e. The second-order valence-corrected chi connectivity index (χ2v) is 8.68. The van der Waals surface area contributed by atoms with Crippen molar-refractivity contribution in [1.82, 2.24) is 9.97 Å². The van der Waals surface area contributed by atoms with Gasteiger partial charge in [-0.3, -0.25) is 0 Å². The van der Waals surface area contributed by atoms with Crippen LogP contribution in [0.2, 0.25) is 5.02 Å². The van der Waals surface area contributed by atoms with E-state index in [1.54, 1.807) is 13.2 Å². The second-order valence-electron chi connectivity index (χ2n) is 8.30. The van der Waals surface area contributed by atoms with Gasteiger partial charge in [0.25, 0.3) is 0 Å². The highest BCUT2D eigenvalue weighted by atomic mass is 35.5. The first-order chi connectivity index (χ1) is 14.4. The summed E-state index contributed by atoms with van der Waals surface area (Å²) in [5.74, 6) is 1.31. The zero-order valence-corrected chi connectivity index (χ0v) is 21.4. The summed E-state index contributed by atoms with van der Waals surface area (Å²) in [5, 5.41) is 10.5. The number of rotatable bonds is 4. The van der Waals surface area contributed by atoms with E-state index >= 15 is 0 Å². The van der Waals surface area contributed by atoms with Crippen LogP contribution in [0.15, 0.2) is 18.2 Å². The summed E-state index contributed by atoms with van der Waals surface area (Å²) in [4.78, 5) is 11.8. The maximum absolute atomic E-state index is 10.0. The molecule has 0 saturated carbocycles. The van der Waals surface area contributed by atoms with Gasteiger partial charge in [0, 0.05) is 30.1 Å². The van der Waals surface area contributed by atoms with Crippen LogP contribution in [0.4, 0.5) is 5.82 Å². The van der Waals surface area contributed by atoms with E-state index in [1.807, 2.05) is 26.0 Å². The van der Waals surface area contributed by atoms with Crippen LogP contribution >= 0.6 is 38.6 Å². The molecule has 2 aromatic rings. The topological polar surface area (TPSA) is 93.7 Å². The predicted molar refractivity (Wildman–Crippen MR) is 138 cm³/mol. The number of nitrogens with zero attached hydrogens (tertiary/aromatic N) is 3. The van der Waals surface area contributed by atoms with Crippen LogP contribution < -0.4 is 15.4 Å². The second kappa shape index (κ2) is 10.8. The van der Waals surface area contributed by atoms with Crippen molar-refractivity contribution in [2.75, 3.05) is 31.7 Å². The van der Waals surface area contributed by atoms with E-state index in [9.17, 15) is 5.11 Å². The standard InChI is InChI=1S/C22H29ClN4O3.2H2S/c1-13-19(15-5-4-6-17(29-3)18(15)23)26-16(11-28)21(25-13)27-9-7-22(8-10-27)12-30-14(2)20(22)24;;/h4-6,14,20,28H,7-12,24H2,1-3H3;2*1H2/t14-,20+;;/m0../s1. The predicted octanol–water partition coefficient (Wildman–Crippen LogP) is 3.16. The molecule has 1 aromatic carbocycles. The number of benzene rings is 1. The molecule has 2 atom stereocenters. The minimum atomic E-state index is -0.196. The zero-order valence-electron chi connectivity index (χ0n) is 18.7. The van der Waals surface area contributed by atoms with Gasteiger partial charge in [0.15, 0.2) is 5.82 Å². The normalized spacial score (nSPS) is 21.8. The number of aliphatic hydroxyl groups excluding tert-OH is 1. The van der Waals surface area contributed by atoms with E-state index in [2.05, 4.69) is 4.90 Å². The molecular formula is C22H33ClN4O3S2. The Labute approximate surface area is 208 Å². The molecule has 1 aromatic heterocycles. The van der Waals surface area contributed by atoms with Gasteiger partial charge in [0.1, 0.15) is 11.4 Å². The average molecular weight is 501 g/mol. The number of anilines is 1. The van der Waals surface area contributed by atoms with Gasteiger partial charge in [-0.1, -0.05) is 23.7 Å². The van der Waals surface area contributed by atoms with Gasteiger partial charge in [-0.25, -0.2) is 9.97 Å². The van der Waals surface area contributed by atoms with Crippen LogP contribution in [-0.2, 0) is 11.3 Å². The van der Waals surface area contributed by atoms with Crippen molar-refractivity contribution in [3.8, 4) is 17.0 Å². The summed E-state index contributed by atoms with van der Waals surface area (Å²) in [6, 6.07) is 5.61. The molecule has 0 amide bonds. The quantitative estimate of drug-likeness (QED) is 0.665. The molecule has 0 radical (unpaired) electrons. The van der Waals surface area contributed by atoms with Crippen LogP contribution in [0, 0.1) is 12.3 Å². The van der Waals surface area contributed by atoms with Gasteiger partial charge in [-0.15, -0.1) is 0 Å². The van der Waals surface area contributed by atoms with Gasteiger partial charge in [-0.05, 0) is 32.8 Å². The molecule has 2 fully saturated rings. The van der Waals surface area contributed by atoms with Crippen molar-refractivity contribution in [2.45, 2.75) is 45.4 Å². The lowest BCUT2D eigenvalue weighted by Gasteiger charge is -2.42. The van der Waals surface area contributed by atoms with Gasteiger partial charge in [-0.2, -0.15) is 27.0 Å². The van der Waals surface area contributed by atoms with E-state index in [0.717, 1.165) is 43.0 Å². The number of piperidine rings is 1. The Morgan fingerprint density at radius 3 is 2.53 bits per heavy atom. The molecule has 4 rings (SSSR count). The lowest BCUT2D eigenvalue weighted by molar-refractivity contribution is 0.0973. The molecule has 32 heavy (non-hydrogen) atoms. The van der Waals surface area contributed by atoms with Gasteiger partial charge in [0.2, 0.25) is 0 Å². The third-order valence-corrected chi connectivity index (χ3v) is 7.00. The largest absolute Gasteiger partial charge is 0.495 e. The van der Waals surface area contributed by atoms with Crippen molar-refractivity contribution in [1.29, 1.82) is 0 Å². The monoisotopic (exact) mass is 500 g/mol. The molecule has 3 heterocycles. The number of halogens is 1. The molecule has 2 saturated heterocycles. The fourth-order valence-electron chi connectivity index (χ4n) is 4.64. The fraction of sp³-hybridized carbons (Fsp3) is 0.545. The van der Waals surface area contributed by atoms with Gasteiger partial charge >= 0.3 is 0 Å². The summed E-state index contributed by atoms with van der Waals surface area (Å²) in [5.41, 5.74) is 9.17. The zero-order chi connectivity index (χ0) is 21.5. The van der Waals surface area contributed by atoms with Gasteiger partial charge < -0.3 is 25.2 Å². The van der Waals surface area contributed by atoms with Crippen molar-refractivity contribution in [2.24, 2.45) is 11.1 Å². The minimum absolute atomic E-state index is 0. The van der Waals surface area contributed by atoms with E-state index in [4.69, 9.17) is 36.8 Å². The molecule has 10 heteroatoms. The fourth-order valence-corrected chi connectivity index (χ4v) is 4.94. The molecule has 2 aliphatic heterocycles. The van der Waals surface area contributed by atoms with Crippen LogP contribution in [0.25, 0.3) is 11.3 Å². The molecule has 7 nitrogen and oxygen atoms in total. The highest BCUT2D eigenvalue weighted by Gasteiger charge is 2.47. The summed E-state index contributed by atoms with van der Waals surface area (Å²) in [7, 11) is 1.58. The lowest BCUT2D eigenvalue weighted by atomic mass is 9.73. The number of methoxy groups -OCH3 is 1. The highest BCUT2D eigenvalue weighted by Crippen LogP contribution is 2.42. The van der Waals surface area contributed by atoms with Crippen LogP contribution in [0.5, 0.6) is 5.75 Å². The molecule has 0 unspecified atom stereocenters. The number of ether oxygens (including phenoxy) is 2. The maximum atomic E-state index is 10.0. The minimum Gasteiger partial charge on any atom is -0.495 e. The number of aryl methyl sites for hydroxylation is 1. The molecule has 0 bridgehead atoms. The molecule has 3 N–H and O–H groups in total. The highest BCUT2D eigenvalue weighted by molar-refractivity contribution is 7.59. The molecule has 178 valence electrons. The first-order valence-corrected chi connectivity index (χ1v) is 10.7. The summed E-state index contributed by atoms with van der Waals surface area (Å²) in [6.07, 6.45) is 1.97. The molecule has 1 spiro atoms. The van der Waals surface area contributed by atoms with Crippen molar-refractivity contribution in [3.05, 3.63) is 34.6 Å². The van der Waals surface area contributed by atoms with Gasteiger partial charge in [0.05, 0.1) is 42.8 Å². The molecule has 2 aliphatic rings. The first kappa shape index (κ1) is 27.0. The van der Waals surface area contributed by atoms with E-state index in [-0.39, 0.29) is 51.2 Å². The third-order valence-electron chi connectivity index (χ3n) is 6.61. The molecule has 0 aliphatic carbocycles. The molecular weight excluding hydrogens is 468 g/mol. The van der Waals surface area contributed by atoms with Crippen LogP contribution in [0.3, 0.4) is 0 Å². The Morgan fingerprint density at radius 1 is 1.28 bits per heavy atom. The van der Waals surface area contributed by atoms with Crippen molar-refractivity contribution in [3.63, 3.8) is 0 Å². The SMILES string of the molecule is COc1cccc(-c2nc(CO)c(N3CCC4(CC3)CO[C@@H](C)[C@H]4N)nc2C)c1Cl.S.S. The van der Waals surface area contributed by atoms with Crippen molar-refractivity contribution < 1.29 is 14.6 Å². The van der Waals surface area contributed by atoms with Crippen LogP contribution in [-0.4, -0.2) is 54.0 Å². The Kier molecular flexibility index (Phi) is 9.12. The maximum Gasteiger partial charge on any atom is 0.153 e. The number of nitrogens with two attached hydrogens (primary N) is 1. The van der Waals surface area contributed by atoms with Crippen molar-refractivity contribution >= 4 is 44.4 Å². The number of aliphatic hydroxyl groups is 1. The number of hydrogen-bond acceptors (Lipinski definition) is 7. The summed E-state index contributed by atoms with van der Waals surface area (Å²) < 4.78 is 11.2. The van der Waals surface area contributed by atoms with E-state index < -0.39 is 0 Å². The summed E-state index contributed by atoms with van der Waals surface area (Å²) >= 11 is 6.50. The Hall–Kier alpha value is -1.23. The first-order valence-electron chi connectivity index (χ1n) is 10.3. The van der Waals surface area contributed by atoms with E-state index in [1.165, 1.54) is 0 Å². The van der Waals surface area contributed by atoms with E-state index in [0.29, 0.717) is 28.8 Å². The van der Waals surface area contributed by atoms with Crippen LogP contribution in [0.1, 0.15) is 31.2 Å². The number of aromatic nitrogens is 2. The lowest BCUT2D eigenvalue weighted by Crippen LogP contribution is -2.51. The average Bonchev–Trinajstić information content (AvgIpc) is 3.03. The summed E-state index contributed by atoms with van der Waals surface area (Å²) in [6.45, 7) is 6.10. The third kappa shape index (κ3) is 4.69. The Bertz CT molecular complexity index is 942. The Balaban J connectivity index is 0.00000181.